The van der Waals surface area contributed by atoms with Gasteiger partial charge < -0.3 is 15.3 Å². The van der Waals surface area contributed by atoms with Crippen molar-refractivity contribution in [1.82, 2.24) is 10.2 Å². The quantitative estimate of drug-likeness (QED) is 0.703. The summed E-state index contributed by atoms with van der Waals surface area (Å²) in [6, 6.07) is 0.438. The molecule has 90 valence electrons. The molecule has 1 atom stereocenters. The van der Waals surface area contributed by atoms with Crippen LogP contribution in [0.4, 0.5) is 0 Å². The zero-order valence-corrected chi connectivity index (χ0v) is 9.32. The molecule has 1 aliphatic carbocycles. The largest absolute Gasteiger partial charge is 0.480 e. The minimum absolute atomic E-state index is 0.00991. The average molecular weight is 226 g/mol. The van der Waals surface area contributed by atoms with E-state index in [1.165, 1.54) is 4.90 Å². The van der Waals surface area contributed by atoms with E-state index < -0.39 is 5.97 Å². The lowest BCUT2D eigenvalue weighted by Gasteiger charge is -2.22. The van der Waals surface area contributed by atoms with Gasteiger partial charge in [0.1, 0.15) is 6.54 Å². The number of carboxylic acid groups (broad SMARTS) is 1. The van der Waals surface area contributed by atoms with Gasteiger partial charge in [-0.05, 0) is 32.2 Å². The van der Waals surface area contributed by atoms with E-state index in [4.69, 9.17) is 5.11 Å². The van der Waals surface area contributed by atoms with Crippen LogP contribution in [0.3, 0.4) is 0 Å². The molecule has 0 radical (unpaired) electrons. The second kappa shape index (κ2) is 4.82. The van der Waals surface area contributed by atoms with Crippen LogP contribution in [0.15, 0.2) is 0 Å². The molecule has 0 aromatic carbocycles. The fourth-order valence-electron chi connectivity index (χ4n) is 2.21. The lowest BCUT2D eigenvalue weighted by Crippen LogP contribution is -2.40. The predicted molar refractivity (Wildman–Crippen MR) is 58.0 cm³/mol. The molecule has 1 heterocycles. The van der Waals surface area contributed by atoms with Gasteiger partial charge in [-0.15, -0.1) is 0 Å². The van der Waals surface area contributed by atoms with Gasteiger partial charge in [-0.1, -0.05) is 0 Å². The van der Waals surface area contributed by atoms with E-state index in [1.807, 2.05) is 0 Å². The molecule has 2 aliphatic rings. The highest BCUT2D eigenvalue weighted by Gasteiger charge is 2.34. The topological polar surface area (TPSA) is 69.6 Å². The SMILES string of the molecule is O=C(O)CN(C(=O)CC1CCCN1)C1CC1. The van der Waals surface area contributed by atoms with Crippen LogP contribution in [0.2, 0.25) is 0 Å². The maximum absolute atomic E-state index is 11.9. The number of hydrogen-bond donors (Lipinski definition) is 2. The van der Waals surface area contributed by atoms with E-state index in [9.17, 15) is 9.59 Å². The molecule has 1 saturated heterocycles. The molecule has 0 aromatic heterocycles. The first-order valence-electron chi connectivity index (χ1n) is 5.91. The highest BCUT2D eigenvalue weighted by Crippen LogP contribution is 2.27. The smallest absolute Gasteiger partial charge is 0.323 e. The summed E-state index contributed by atoms with van der Waals surface area (Å²) in [4.78, 5) is 24.1. The Morgan fingerprint density at radius 3 is 2.56 bits per heavy atom. The Kier molecular flexibility index (Phi) is 3.43. The van der Waals surface area contributed by atoms with Crippen molar-refractivity contribution >= 4 is 11.9 Å². The molecule has 1 aliphatic heterocycles. The monoisotopic (exact) mass is 226 g/mol. The third-order valence-corrected chi connectivity index (χ3v) is 3.20. The van der Waals surface area contributed by atoms with Crippen LogP contribution in [0, 0.1) is 0 Å². The molecular formula is C11H18N2O3. The Hall–Kier alpha value is -1.10. The summed E-state index contributed by atoms with van der Waals surface area (Å²) in [5.74, 6) is -0.927. The highest BCUT2D eigenvalue weighted by atomic mass is 16.4. The van der Waals surface area contributed by atoms with Crippen molar-refractivity contribution < 1.29 is 14.7 Å². The van der Waals surface area contributed by atoms with Gasteiger partial charge in [-0.2, -0.15) is 0 Å². The van der Waals surface area contributed by atoms with Gasteiger partial charge in [-0.25, -0.2) is 0 Å². The van der Waals surface area contributed by atoms with E-state index in [-0.39, 0.29) is 24.5 Å². The first-order valence-corrected chi connectivity index (χ1v) is 5.91. The van der Waals surface area contributed by atoms with Crippen molar-refractivity contribution in [2.75, 3.05) is 13.1 Å². The molecule has 0 spiro atoms. The molecule has 2 rings (SSSR count). The first kappa shape index (κ1) is 11.4. The molecule has 2 N–H and O–H groups in total. The molecule has 1 saturated carbocycles. The summed E-state index contributed by atoms with van der Waals surface area (Å²) in [5, 5.41) is 12.0. The lowest BCUT2D eigenvalue weighted by molar-refractivity contribution is -0.145. The molecule has 0 bridgehead atoms. The van der Waals surface area contributed by atoms with Crippen molar-refractivity contribution in [3.63, 3.8) is 0 Å². The Morgan fingerprint density at radius 2 is 2.06 bits per heavy atom. The lowest BCUT2D eigenvalue weighted by atomic mass is 10.1. The molecule has 1 unspecified atom stereocenters. The maximum Gasteiger partial charge on any atom is 0.323 e. The molecule has 5 heteroatoms. The fourth-order valence-corrected chi connectivity index (χ4v) is 2.21. The third-order valence-electron chi connectivity index (χ3n) is 3.20. The number of hydrogen-bond acceptors (Lipinski definition) is 3. The summed E-state index contributed by atoms with van der Waals surface area (Å²) in [6.45, 7) is 0.830. The Bertz CT molecular complexity index is 283. The van der Waals surface area contributed by atoms with Crippen molar-refractivity contribution in [2.24, 2.45) is 0 Å². The molecule has 2 fully saturated rings. The van der Waals surface area contributed by atoms with Crippen molar-refractivity contribution in [3.05, 3.63) is 0 Å². The molecular weight excluding hydrogens is 208 g/mol. The van der Waals surface area contributed by atoms with E-state index in [0.29, 0.717) is 6.42 Å². The van der Waals surface area contributed by atoms with Crippen LogP contribution < -0.4 is 5.32 Å². The van der Waals surface area contributed by atoms with Gasteiger partial charge in [-0.3, -0.25) is 9.59 Å². The van der Waals surface area contributed by atoms with Crippen molar-refractivity contribution in [1.29, 1.82) is 0 Å². The second-order valence-electron chi connectivity index (χ2n) is 4.64. The van der Waals surface area contributed by atoms with Crippen LogP contribution in [0.25, 0.3) is 0 Å². The zero-order valence-electron chi connectivity index (χ0n) is 9.32. The van der Waals surface area contributed by atoms with Crippen LogP contribution in [0.1, 0.15) is 32.1 Å². The summed E-state index contributed by atoms with van der Waals surface area (Å²) < 4.78 is 0. The van der Waals surface area contributed by atoms with Crippen LogP contribution in [0.5, 0.6) is 0 Å². The molecule has 5 nitrogen and oxygen atoms in total. The highest BCUT2D eigenvalue weighted by molar-refractivity contribution is 5.82. The fraction of sp³-hybridized carbons (Fsp3) is 0.818. The normalized spacial score (nSPS) is 24.4. The van der Waals surface area contributed by atoms with Crippen molar-refractivity contribution in [2.45, 2.75) is 44.2 Å². The summed E-state index contributed by atoms with van der Waals surface area (Å²) in [5.41, 5.74) is 0. The standard InChI is InChI=1S/C11H18N2O3/c14-10(6-8-2-1-5-12-8)13(7-11(15)16)9-3-4-9/h8-9,12H,1-7H2,(H,15,16). The summed E-state index contributed by atoms with van der Waals surface area (Å²) >= 11 is 0. The van der Waals surface area contributed by atoms with Crippen molar-refractivity contribution in [3.8, 4) is 0 Å². The number of carboxylic acids is 1. The zero-order chi connectivity index (χ0) is 11.5. The maximum atomic E-state index is 11.9. The van der Waals surface area contributed by atoms with Gasteiger partial charge in [0.15, 0.2) is 0 Å². The summed E-state index contributed by atoms with van der Waals surface area (Å²) in [7, 11) is 0. The Balaban J connectivity index is 1.85. The van der Waals surface area contributed by atoms with Crippen LogP contribution >= 0.6 is 0 Å². The molecule has 1 amide bonds. The van der Waals surface area contributed by atoms with Crippen LogP contribution in [-0.2, 0) is 9.59 Å². The number of amides is 1. The predicted octanol–water partition coefficient (Wildman–Crippen LogP) is 0.204. The number of carbonyl (C=O) groups is 2. The van der Waals surface area contributed by atoms with Gasteiger partial charge in [0, 0.05) is 18.5 Å². The number of nitrogens with zero attached hydrogens (tertiary/aromatic N) is 1. The van der Waals surface area contributed by atoms with E-state index >= 15 is 0 Å². The Labute approximate surface area is 94.8 Å². The van der Waals surface area contributed by atoms with Gasteiger partial charge in [0.05, 0.1) is 0 Å². The first-order chi connectivity index (χ1) is 7.66. The van der Waals surface area contributed by atoms with Gasteiger partial charge in [0.25, 0.3) is 0 Å². The van der Waals surface area contributed by atoms with Gasteiger partial charge >= 0.3 is 5.97 Å². The molecule has 16 heavy (non-hydrogen) atoms. The minimum Gasteiger partial charge on any atom is -0.480 e. The van der Waals surface area contributed by atoms with E-state index in [1.54, 1.807) is 0 Å². The molecule has 0 aromatic rings. The van der Waals surface area contributed by atoms with Crippen LogP contribution in [-0.4, -0.2) is 47.1 Å². The van der Waals surface area contributed by atoms with Gasteiger partial charge in [0.2, 0.25) is 5.91 Å². The number of rotatable bonds is 5. The Morgan fingerprint density at radius 1 is 1.31 bits per heavy atom. The average Bonchev–Trinajstić information content (AvgIpc) is 2.94. The second-order valence-corrected chi connectivity index (χ2v) is 4.64. The van der Waals surface area contributed by atoms with E-state index in [2.05, 4.69) is 5.32 Å². The summed E-state index contributed by atoms with van der Waals surface area (Å²) in [6.07, 6.45) is 4.50. The number of aliphatic carboxylic acids is 1. The third kappa shape index (κ3) is 2.95. The number of nitrogens with one attached hydrogen (secondary N) is 1. The number of carbonyl (C=O) groups excluding carboxylic acids is 1. The minimum atomic E-state index is -0.917. The van der Waals surface area contributed by atoms with E-state index in [0.717, 1.165) is 32.2 Å².